The fourth-order valence-electron chi connectivity index (χ4n) is 2.09. The molecule has 0 aromatic carbocycles. The van der Waals surface area contributed by atoms with Gasteiger partial charge in [-0.15, -0.1) is 0 Å². The van der Waals surface area contributed by atoms with Crippen LogP contribution in [0.1, 0.15) is 22.9 Å². The number of pyridine rings is 1. The standard InChI is InChI=1S/C17H17N5/c1-12-13(2)20-15(10-19-12)6-7-17-21-16(11-22(17)3)14-5-4-8-18-9-14/h4-11H,1-3H3. The zero-order valence-corrected chi connectivity index (χ0v) is 12.9. The molecular formula is C17H17N5. The van der Waals surface area contributed by atoms with Gasteiger partial charge in [0.2, 0.25) is 0 Å². The highest BCUT2D eigenvalue weighted by atomic mass is 15.0. The van der Waals surface area contributed by atoms with Crippen LogP contribution in [0.5, 0.6) is 0 Å². The Hall–Kier alpha value is -2.82. The van der Waals surface area contributed by atoms with E-state index in [1.165, 1.54) is 0 Å². The molecule has 5 heteroatoms. The molecular weight excluding hydrogens is 274 g/mol. The molecule has 0 saturated carbocycles. The van der Waals surface area contributed by atoms with Gasteiger partial charge in [0, 0.05) is 31.2 Å². The van der Waals surface area contributed by atoms with Crippen LogP contribution >= 0.6 is 0 Å². The summed E-state index contributed by atoms with van der Waals surface area (Å²) in [5.41, 5.74) is 4.63. The van der Waals surface area contributed by atoms with Crippen molar-refractivity contribution in [3.63, 3.8) is 0 Å². The molecule has 3 rings (SSSR count). The molecule has 0 bridgehead atoms. The number of hydrogen-bond donors (Lipinski definition) is 0. The molecule has 0 saturated heterocycles. The average molecular weight is 291 g/mol. The van der Waals surface area contributed by atoms with Crippen molar-refractivity contribution in [1.82, 2.24) is 24.5 Å². The van der Waals surface area contributed by atoms with E-state index >= 15 is 0 Å². The molecule has 0 atom stereocenters. The van der Waals surface area contributed by atoms with Crippen LogP contribution in [-0.2, 0) is 7.05 Å². The zero-order chi connectivity index (χ0) is 15.5. The van der Waals surface area contributed by atoms with E-state index in [1.807, 2.05) is 62.1 Å². The van der Waals surface area contributed by atoms with Crippen molar-refractivity contribution in [2.24, 2.45) is 7.05 Å². The minimum absolute atomic E-state index is 0.828. The summed E-state index contributed by atoms with van der Waals surface area (Å²) in [6.45, 7) is 3.91. The van der Waals surface area contributed by atoms with Gasteiger partial charge in [0.1, 0.15) is 5.82 Å². The predicted molar refractivity (Wildman–Crippen MR) is 86.9 cm³/mol. The smallest absolute Gasteiger partial charge is 0.133 e. The van der Waals surface area contributed by atoms with Gasteiger partial charge in [0.25, 0.3) is 0 Å². The molecule has 3 heterocycles. The Morgan fingerprint density at radius 1 is 1.05 bits per heavy atom. The molecule has 0 radical (unpaired) electrons. The lowest BCUT2D eigenvalue weighted by Gasteiger charge is -1.99. The van der Waals surface area contributed by atoms with Crippen LogP contribution in [0.15, 0.2) is 36.9 Å². The highest BCUT2D eigenvalue weighted by Crippen LogP contribution is 2.17. The molecule has 22 heavy (non-hydrogen) atoms. The van der Waals surface area contributed by atoms with Gasteiger partial charge in [-0.2, -0.15) is 0 Å². The summed E-state index contributed by atoms with van der Waals surface area (Å²) in [5, 5.41) is 0. The molecule has 0 unspecified atom stereocenters. The first-order chi connectivity index (χ1) is 10.6. The summed E-state index contributed by atoms with van der Waals surface area (Å²) in [6.07, 6.45) is 11.2. The molecule has 3 aromatic heterocycles. The van der Waals surface area contributed by atoms with Crippen molar-refractivity contribution in [3.8, 4) is 11.3 Å². The maximum absolute atomic E-state index is 4.62. The summed E-state index contributed by atoms with van der Waals surface area (Å²) in [4.78, 5) is 17.6. The van der Waals surface area contributed by atoms with E-state index in [0.717, 1.165) is 34.2 Å². The van der Waals surface area contributed by atoms with Gasteiger partial charge < -0.3 is 4.57 Å². The molecule has 0 amide bonds. The minimum Gasteiger partial charge on any atom is -0.334 e. The highest BCUT2D eigenvalue weighted by molar-refractivity contribution is 5.67. The van der Waals surface area contributed by atoms with Crippen molar-refractivity contribution in [3.05, 3.63) is 59.8 Å². The van der Waals surface area contributed by atoms with Crippen LogP contribution in [0.25, 0.3) is 23.4 Å². The molecule has 0 aliphatic rings. The third kappa shape index (κ3) is 2.93. The Balaban J connectivity index is 1.88. The number of nitrogens with zero attached hydrogens (tertiary/aromatic N) is 5. The highest BCUT2D eigenvalue weighted by Gasteiger charge is 2.05. The number of rotatable bonds is 3. The second-order valence-corrected chi connectivity index (χ2v) is 5.14. The summed E-state index contributed by atoms with van der Waals surface area (Å²) >= 11 is 0. The van der Waals surface area contributed by atoms with Gasteiger partial charge in [-0.05, 0) is 38.1 Å². The second-order valence-electron chi connectivity index (χ2n) is 5.14. The van der Waals surface area contributed by atoms with E-state index in [9.17, 15) is 0 Å². The molecule has 5 nitrogen and oxygen atoms in total. The Bertz CT molecular complexity index is 818. The fourth-order valence-corrected chi connectivity index (χ4v) is 2.09. The molecule has 0 aliphatic heterocycles. The van der Waals surface area contributed by atoms with Gasteiger partial charge >= 0.3 is 0 Å². The maximum atomic E-state index is 4.62. The van der Waals surface area contributed by atoms with Crippen LogP contribution in [0.4, 0.5) is 0 Å². The molecule has 0 fully saturated rings. The lowest BCUT2D eigenvalue weighted by molar-refractivity contribution is 0.898. The normalized spacial score (nSPS) is 11.2. The minimum atomic E-state index is 0.828. The molecule has 0 N–H and O–H groups in total. The Kier molecular flexibility index (Phi) is 3.78. The van der Waals surface area contributed by atoms with Gasteiger partial charge in [0.05, 0.1) is 29.0 Å². The van der Waals surface area contributed by atoms with Crippen molar-refractivity contribution in [2.45, 2.75) is 13.8 Å². The first-order valence-corrected chi connectivity index (χ1v) is 7.05. The monoisotopic (exact) mass is 291 g/mol. The third-order valence-corrected chi connectivity index (χ3v) is 3.48. The first kappa shape index (κ1) is 14.1. The largest absolute Gasteiger partial charge is 0.334 e. The van der Waals surface area contributed by atoms with E-state index in [4.69, 9.17) is 0 Å². The number of aromatic nitrogens is 5. The van der Waals surface area contributed by atoms with E-state index in [2.05, 4.69) is 19.9 Å². The van der Waals surface area contributed by atoms with Crippen molar-refractivity contribution >= 4 is 12.2 Å². The first-order valence-electron chi connectivity index (χ1n) is 7.05. The zero-order valence-electron chi connectivity index (χ0n) is 12.9. The predicted octanol–water partition coefficient (Wildman–Crippen LogP) is 3.06. The molecule has 110 valence electrons. The van der Waals surface area contributed by atoms with Gasteiger partial charge in [-0.1, -0.05) is 0 Å². The Morgan fingerprint density at radius 3 is 2.64 bits per heavy atom. The van der Waals surface area contributed by atoms with Gasteiger partial charge in [0.15, 0.2) is 0 Å². The maximum Gasteiger partial charge on any atom is 0.133 e. The average Bonchev–Trinajstić information content (AvgIpc) is 2.90. The van der Waals surface area contributed by atoms with E-state index < -0.39 is 0 Å². The van der Waals surface area contributed by atoms with Crippen LogP contribution in [0.2, 0.25) is 0 Å². The topological polar surface area (TPSA) is 56.5 Å². The van der Waals surface area contributed by atoms with E-state index in [1.54, 1.807) is 12.4 Å². The van der Waals surface area contributed by atoms with Gasteiger partial charge in [-0.25, -0.2) is 4.98 Å². The van der Waals surface area contributed by atoms with Crippen LogP contribution in [0.3, 0.4) is 0 Å². The Morgan fingerprint density at radius 2 is 1.91 bits per heavy atom. The number of aryl methyl sites for hydroxylation is 3. The summed E-state index contributed by atoms with van der Waals surface area (Å²) < 4.78 is 1.98. The summed E-state index contributed by atoms with van der Waals surface area (Å²) in [6, 6.07) is 3.90. The van der Waals surface area contributed by atoms with Crippen LogP contribution in [-0.4, -0.2) is 24.5 Å². The lowest BCUT2D eigenvalue weighted by Crippen LogP contribution is -1.93. The SMILES string of the molecule is Cc1ncc(C=Cc2nc(-c3cccnc3)cn2C)nc1C. The summed E-state index contributed by atoms with van der Waals surface area (Å²) in [5.74, 6) is 0.860. The van der Waals surface area contributed by atoms with E-state index in [-0.39, 0.29) is 0 Å². The quantitative estimate of drug-likeness (QED) is 0.744. The fraction of sp³-hybridized carbons (Fsp3) is 0.176. The third-order valence-electron chi connectivity index (χ3n) is 3.48. The van der Waals surface area contributed by atoms with Crippen molar-refractivity contribution in [2.75, 3.05) is 0 Å². The lowest BCUT2D eigenvalue weighted by atomic mass is 10.2. The molecule has 0 aliphatic carbocycles. The summed E-state index contributed by atoms with van der Waals surface area (Å²) in [7, 11) is 1.97. The van der Waals surface area contributed by atoms with Crippen molar-refractivity contribution < 1.29 is 0 Å². The van der Waals surface area contributed by atoms with Crippen LogP contribution in [0, 0.1) is 13.8 Å². The van der Waals surface area contributed by atoms with Crippen LogP contribution < -0.4 is 0 Å². The van der Waals surface area contributed by atoms with Gasteiger partial charge in [-0.3, -0.25) is 15.0 Å². The Labute approximate surface area is 129 Å². The second kappa shape index (κ2) is 5.89. The van der Waals surface area contributed by atoms with E-state index in [0.29, 0.717) is 0 Å². The molecule has 0 spiro atoms. The van der Waals surface area contributed by atoms with Crippen molar-refractivity contribution in [1.29, 1.82) is 0 Å². The number of imidazole rings is 1. The number of hydrogen-bond acceptors (Lipinski definition) is 4. The molecule has 3 aromatic rings.